The molecule has 2 heterocycles. The first-order chi connectivity index (χ1) is 14.9. The van der Waals surface area contributed by atoms with Crippen LogP contribution in [0.1, 0.15) is 6.42 Å². The normalized spacial score (nSPS) is 15.8. The van der Waals surface area contributed by atoms with Crippen molar-refractivity contribution in [3.63, 3.8) is 0 Å². The number of para-hydroxylation sites is 1. The number of hydrogen-bond donors (Lipinski definition) is 1. The van der Waals surface area contributed by atoms with Crippen molar-refractivity contribution in [1.82, 2.24) is 14.2 Å². The number of sulfonamides is 1. The third kappa shape index (κ3) is 5.21. The second-order valence-electron chi connectivity index (χ2n) is 7.32. The maximum absolute atomic E-state index is 13.0. The molecule has 10 heteroatoms. The van der Waals surface area contributed by atoms with E-state index in [2.05, 4.69) is 15.2 Å². The predicted molar refractivity (Wildman–Crippen MR) is 121 cm³/mol. The molecule has 1 aromatic heterocycles. The topological polar surface area (TPSA) is 91.8 Å². The lowest BCUT2D eigenvalue weighted by Crippen LogP contribution is -2.46. The maximum Gasteiger partial charge on any atom is 0.243 e. The van der Waals surface area contributed by atoms with Crippen LogP contribution in [0.5, 0.6) is 5.75 Å². The predicted octanol–water partition coefficient (Wildman–Crippen LogP) is 2.64. The van der Waals surface area contributed by atoms with Crippen LogP contribution in [-0.4, -0.2) is 68.3 Å². The molecule has 31 heavy (non-hydrogen) atoms. The van der Waals surface area contributed by atoms with E-state index in [-0.39, 0.29) is 23.8 Å². The number of nitrogens with one attached hydrogen (secondary N) is 1. The highest BCUT2D eigenvalue weighted by molar-refractivity contribution is 7.89. The van der Waals surface area contributed by atoms with Gasteiger partial charge in [-0.15, -0.1) is 0 Å². The van der Waals surface area contributed by atoms with Gasteiger partial charge in [0.15, 0.2) is 5.13 Å². The number of rotatable bonds is 7. The Balaban J connectivity index is 1.39. The number of fused-ring (bicyclic) bond motifs is 1. The minimum absolute atomic E-state index is 0.188. The Kier molecular flexibility index (Phi) is 6.51. The van der Waals surface area contributed by atoms with Crippen molar-refractivity contribution in [2.45, 2.75) is 11.3 Å². The van der Waals surface area contributed by atoms with E-state index in [4.69, 9.17) is 4.74 Å². The van der Waals surface area contributed by atoms with E-state index in [1.54, 1.807) is 18.2 Å². The van der Waals surface area contributed by atoms with Gasteiger partial charge in [0.05, 0.1) is 28.1 Å². The summed E-state index contributed by atoms with van der Waals surface area (Å²) >= 11 is 1.26. The number of carbonyl (C=O) groups excluding carboxylic acids is 1. The summed E-state index contributed by atoms with van der Waals surface area (Å²) in [6, 6.07) is 14.2. The molecule has 1 aliphatic heterocycles. The summed E-state index contributed by atoms with van der Waals surface area (Å²) in [6.45, 7) is 2.64. The Morgan fingerprint density at radius 2 is 1.87 bits per heavy atom. The lowest BCUT2D eigenvalue weighted by Gasteiger charge is -2.31. The van der Waals surface area contributed by atoms with Gasteiger partial charge in [-0.1, -0.05) is 29.5 Å². The SMILES string of the molecule is CN1CCN(S(=O)(=O)c2ccc3nc(NC(=O)CCOc4ccccc4)sc3c2)CC1. The van der Waals surface area contributed by atoms with Gasteiger partial charge >= 0.3 is 0 Å². The lowest BCUT2D eigenvalue weighted by molar-refractivity contribution is -0.116. The number of likely N-dealkylation sites (N-methyl/N-ethyl adjacent to an activating group) is 1. The Morgan fingerprint density at radius 3 is 2.61 bits per heavy atom. The van der Waals surface area contributed by atoms with Crippen LogP contribution >= 0.6 is 11.3 Å². The maximum atomic E-state index is 13.0. The van der Waals surface area contributed by atoms with Crippen molar-refractivity contribution in [1.29, 1.82) is 0 Å². The zero-order valence-electron chi connectivity index (χ0n) is 17.2. The highest BCUT2D eigenvalue weighted by Crippen LogP contribution is 2.29. The smallest absolute Gasteiger partial charge is 0.243 e. The van der Waals surface area contributed by atoms with Gasteiger partial charge < -0.3 is 15.0 Å². The van der Waals surface area contributed by atoms with Gasteiger partial charge in [0.2, 0.25) is 15.9 Å². The number of benzene rings is 2. The van der Waals surface area contributed by atoms with Crippen LogP contribution in [0.25, 0.3) is 10.2 Å². The Hall–Kier alpha value is -2.53. The van der Waals surface area contributed by atoms with E-state index < -0.39 is 10.0 Å². The van der Waals surface area contributed by atoms with Crippen LogP contribution in [0.4, 0.5) is 5.13 Å². The molecule has 2 aromatic carbocycles. The Labute approximate surface area is 185 Å². The molecule has 8 nitrogen and oxygen atoms in total. The summed E-state index contributed by atoms with van der Waals surface area (Å²) in [5, 5.41) is 3.21. The van der Waals surface area contributed by atoms with Crippen molar-refractivity contribution in [3.8, 4) is 5.75 Å². The third-order valence-electron chi connectivity index (χ3n) is 5.05. The molecule has 0 spiro atoms. The van der Waals surface area contributed by atoms with Crippen molar-refractivity contribution >= 4 is 42.6 Å². The first-order valence-electron chi connectivity index (χ1n) is 9.99. The second-order valence-corrected chi connectivity index (χ2v) is 10.3. The highest BCUT2D eigenvalue weighted by Gasteiger charge is 2.27. The summed E-state index contributed by atoms with van der Waals surface area (Å²) in [4.78, 5) is 19.0. The zero-order chi connectivity index (χ0) is 21.8. The highest BCUT2D eigenvalue weighted by atomic mass is 32.2. The molecular formula is C21H24N4O4S2. The Morgan fingerprint density at radius 1 is 1.13 bits per heavy atom. The van der Waals surface area contributed by atoms with Crippen molar-refractivity contribution in [3.05, 3.63) is 48.5 Å². The molecule has 1 amide bonds. The molecule has 164 valence electrons. The van der Waals surface area contributed by atoms with Crippen LogP contribution in [-0.2, 0) is 14.8 Å². The minimum atomic E-state index is -3.55. The van der Waals surface area contributed by atoms with Crippen LogP contribution < -0.4 is 10.1 Å². The molecular weight excluding hydrogens is 436 g/mol. The molecule has 0 bridgehead atoms. The van der Waals surface area contributed by atoms with Crippen molar-refractivity contribution < 1.29 is 17.9 Å². The first-order valence-corrected chi connectivity index (χ1v) is 12.2. The van der Waals surface area contributed by atoms with Crippen molar-refractivity contribution in [2.24, 2.45) is 0 Å². The largest absolute Gasteiger partial charge is 0.493 e. The first kappa shape index (κ1) is 21.7. The molecule has 1 fully saturated rings. The van der Waals surface area contributed by atoms with Crippen LogP contribution in [0.2, 0.25) is 0 Å². The molecule has 0 aliphatic carbocycles. The molecule has 1 N–H and O–H groups in total. The van der Waals surface area contributed by atoms with E-state index in [0.29, 0.717) is 47.3 Å². The molecule has 0 radical (unpaired) electrons. The monoisotopic (exact) mass is 460 g/mol. The van der Waals surface area contributed by atoms with E-state index in [1.807, 2.05) is 37.4 Å². The number of carbonyl (C=O) groups is 1. The number of anilines is 1. The summed E-state index contributed by atoms with van der Waals surface area (Å²) in [7, 11) is -1.56. The quantitative estimate of drug-likeness (QED) is 0.583. The van der Waals surface area contributed by atoms with Gasteiger partial charge in [-0.05, 0) is 37.4 Å². The van der Waals surface area contributed by atoms with Gasteiger partial charge in [0, 0.05) is 26.2 Å². The minimum Gasteiger partial charge on any atom is -0.493 e. The molecule has 1 aliphatic rings. The van der Waals surface area contributed by atoms with Gasteiger partial charge in [-0.2, -0.15) is 4.31 Å². The van der Waals surface area contributed by atoms with E-state index >= 15 is 0 Å². The fraction of sp³-hybridized carbons (Fsp3) is 0.333. The molecule has 0 saturated carbocycles. The van der Waals surface area contributed by atoms with Gasteiger partial charge in [0.1, 0.15) is 5.75 Å². The summed E-state index contributed by atoms with van der Waals surface area (Å²) in [6.07, 6.45) is 0.188. The summed E-state index contributed by atoms with van der Waals surface area (Å²) in [5.41, 5.74) is 0.651. The molecule has 3 aromatic rings. The van der Waals surface area contributed by atoms with Gasteiger partial charge in [-0.25, -0.2) is 13.4 Å². The second kappa shape index (κ2) is 9.31. The number of thiazole rings is 1. The van der Waals surface area contributed by atoms with Gasteiger partial charge in [-0.3, -0.25) is 4.79 Å². The lowest BCUT2D eigenvalue weighted by atomic mass is 10.3. The average molecular weight is 461 g/mol. The number of hydrogen-bond acceptors (Lipinski definition) is 7. The number of piperazine rings is 1. The Bertz CT molecular complexity index is 1160. The van der Waals surface area contributed by atoms with E-state index in [1.165, 1.54) is 15.6 Å². The number of amides is 1. The molecule has 0 unspecified atom stereocenters. The number of ether oxygens (including phenoxy) is 1. The summed E-state index contributed by atoms with van der Waals surface area (Å²) in [5.74, 6) is 0.504. The average Bonchev–Trinajstić information content (AvgIpc) is 3.16. The number of aromatic nitrogens is 1. The molecule has 0 atom stereocenters. The molecule has 1 saturated heterocycles. The van der Waals surface area contributed by atoms with Crippen LogP contribution in [0.3, 0.4) is 0 Å². The van der Waals surface area contributed by atoms with E-state index in [0.717, 1.165) is 0 Å². The van der Waals surface area contributed by atoms with Gasteiger partial charge in [0.25, 0.3) is 0 Å². The standard InChI is InChI=1S/C21H24N4O4S2/c1-24-10-12-25(13-11-24)31(27,28)17-7-8-18-19(15-17)30-21(22-18)23-20(26)9-14-29-16-5-3-2-4-6-16/h2-8,15H,9-14H2,1H3,(H,22,23,26). The number of nitrogens with zero attached hydrogens (tertiary/aromatic N) is 3. The van der Waals surface area contributed by atoms with Crippen LogP contribution in [0.15, 0.2) is 53.4 Å². The van der Waals surface area contributed by atoms with Crippen molar-refractivity contribution in [2.75, 3.05) is 45.2 Å². The fourth-order valence-electron chi connectivity index (χ4n) is 3.26. The zero-order valence-corrected chi connectivity index (χ0v) is 18.8. The van der Waals surface area contributed by atoms with E-state index in [9.17, 15) is 13.2 Å². The fourth-order valence-corrected chi connectivity index (χ4v) is 5.70. The third-order valence-corrected chi connectivity index (χ3v) is 7.88. The van der Waals surface area contributed by atoms with Crippen LogP contribution in [0, 0.1) is 0 Å². The summed E-state index contributed by atoms with van der Waals surface area (Å²) < 4.78 is 33.7. The molecule has 4 rings (SSSR count).